The molecule has 1 unspecified atom stereocenters. The first-order valence-corrected chi connectivity index (χ1v) is 7.54. The minimum atomic E-state index is -0.985. The lowest BCUT2D eigenvalue weighted by Gasteiger charge is -2.31. The van der Waals surface area contributed by atoms with Gasteiger partial charge >= 0.3 is 0 Å². The van der Waals surface area contributed by atoms with E-state index in [1.165, 1.54) is 6.26 Å². The molecule has 13 heavy (non-hydrogen) atoms. The molecule has 0 aromatic heterocycles. The first-order valence-electron chi connectivity index (χ1n) is 4.76. The van der Waals surface area contributed by atoms with Crippen LogP contribution < -0.4 is 0 Å². The van der Waals surface area contributed by atoms with Crippen LogP contribution in [0.15, 0.2) is 12.8 Å². The quantitative estimate of drug-likeness (QED) is 0.504. The Balaban J connectivity index is 4.11. The average Bonchev–Trinajstić information content (AvgIpc) is 1.95. The van der Waals surface area contributed by atoms with Gasteiger partial charge in [0.15, 0.2) is 9.04 Å². The Morgan fingerprint density at radius 2 is 1.92 bits per heavy atom. The van der Waals surface area contributed by atoms with Crippen LogP contribution in [0.25, 0.3) is 0 Å². The van der Waals surface area contributed by atoms with Gasteiger partial charge in [-0.1, -0.05) is 27.4 Å². The molecule has 0 saturated carbocycles. The highest BCUT2D eigenvalue weighted by atomic mass is 28.3. The molecule has 0 spiro atoms. The lowest BCUT2D eigenvalue weighted by molar-refractivity contribution is 0.0259. The van der Waals surface area contributed by atoms with Gasteiger partial charge in [-0.15, -0.1) is 0 Å². The van der Waals surface area contributed by atoms with Crippen LogP contribution in [0.3, 0.4) is 0 Å². The Morgan fingerprint density at radius 1 is 1.38 bits per heavy atom. The smallest absolute Gasteiger partial charge is 0.171 e. The number of rotatable bonds is 5. The molecule has 0 heterocycles. The lowest BCUT2D eigenvalue weighted by Crippen LogP contribution is -2.36. The third-order valence-corrected chi connectivity index (χ3v) is 2.64. The SMILES string of the molecule is C=COCC(O[SiH](C)C)C(C)(C)C. The fourth-order valence-electron chi connectivity index (χ4n) is 0.977. The molecule has 0 amide bonds. The maximum atomic E-state index is 5.88. The molecule has 0 aliphatic carbocycles. The van der Waals surface area contributed by atoms with Crippen molar-refractivity contribution >= 4 is 9.04 Å². The zero-order chi connectivity index (χ0) is 10.5. The predicted octanol–water partition coefficient (Wildman–Crippen LogP) is 2.56. The van der Waals surface area contributed by atoms with Crippen molar-refractivity contribution < 1.29 is 9.16 Å². The summed E-state index contributed by atoms with van der Waals surface area (Å²) in [4.78, 5) is 0. The van der Waals surface area contributed by atoms with E-state index in [4.69, 9.17) is 9.16 Å². The Bertz CT molecular complexity index is 149. The molecule has 0 aromatic rings. The maximum absolute atomic E-state index is 5.88. The van der Waals surface area contributed by atoms with Crippen LogP contribution in [0.2, 0.25) is 13.1 Å². The summed E-state index contributed by atoms with van der Waals surface area (Å²) in [7, 11) is -0.985. The van der Waals surface area contributed by atoms with Gasteiger partial charge in [0.2, 0.25) is 0 Å². The second-order valence-electron chi connectivity index (χ2n) is 4.54. The van der Waals surface area contributed by atoms with Crippen molar-refractivity contribution in [1.82, 2.24) is 0 Å². The zero-order valence-electron chi connectivity index (χ0n) is 9.46. The van der Waals surface area contributed by atoms with Crippen molar-refractivity contribution in [2.45, 2.75) is 40.0 Å². The van der Waals surface area contributed by atoms with Crippen LogP contribution in [0, 0.1) is 5.41 Å². The molecule has 0 bridgehead atoms. The predicted molar refractivity (Wildman–Crippen MR) is 59.4 cm³/mol. The second-order valence-corrected chi connectivity index (χ2v) is 6.91. The molecule has 0 aliphatic rings. The Kier molecular flexibility index (Phi) is 5.33. The maximum Gasteiger partial charge on any atom is 0.171 e. The van der Waals surface area contributed by atoms with E-state index in [1.807, 2.05) is 0 Å². The normalized spacial score (nSPS) is 14.3. The molecule has 0 N–H and O–H groups in total. The van der Waals surface area contributed by atoms with Crippen molar-refractivity contribution in [2.24, 2.45) is 5.41 Å². The first-order chi connectivity index (χ1) is 5.88. The molecule has 78 valence electrons. The van der Waals surface area contributed by atoms with Crippen LogP contribution >= 0.6 is 0 Å². The van der Waals surface area contributed by atoms with E-state index in [0.29, 0.717) is 6.61 Å². The Labute approximate surface area is 83.7 Å². The van der Waals surface area contributed by atoms with Gasteiger partial charge in [-0.2, -0.15) is 0 Å². The van der Waals surface area contributed by atoms with Crippen molar-refractivity contribution in [2.75, 3.05) is 6.61 Å². The largest absolute Gasteiger partial charge is 0.499 e. The minimum Gasteiger partial charge on any atom is -0.499 e. The molecular formula is C10H22O2Si. The highest BCUT2D eigenvalue weighted by molar-refractivity contribution is 6.48. The third-order valence-electron chi connectivity index (χ3n) is 1.77. The van der Waals surface area contributed by atoms with E-state index in [-0.39, 0.29) is 11.5 Å². The summed E-state index contributed by atoms with van der Waals surface area (Å²) in [5.41, 5.74) is 0.139. The van der Waals surface area contributed by atoms with Gasteiger partial charge in [-0.05, 0) is 18.5 Å². The van der Waals surface area contributed by atoms with Crippen molar-refractivity contribution in [3.8, 4) is 0 Å². The van der Waals surface area contributed by atoms with E-state index < -0.39 is 9.04 Å². The van der Waals surface area contributed by atoms with Gasteiger partial charge in [0.25, 0.3) is 0 Å². The topological polar surface area (TPSA) is 18.5 Å². The third kappa shape index (κ3) is 5.88. The van der Waals surface area contributed by atoms with E-state index in [0.717, 1.165) is 0 Å². The van der Waals surface area contributed by atoms with E-state index >= 15 is 0 Å². The summed E-state index contributed by atoms with van der Waals surface area (Å²) in [6.45, 7) is 15.0. The number of hydrogen-bond acceptors (Lipinski definition) is 2. The van der Waals surface area contributed by atoms with Crippen molar-refractivity contribution in [3.05, 3.63) is 12.8 Å². The van der Waals surface area contributed by atoms with Crippen molar-refractivity contribution in [3.63, 3.8) is 0 Å². The highest BCUT2D eigenvalue weighted by Gasteiger charge is 2.26. The van der Waals surface area contributed by atoms with Crippen LogP contribution in [0.5, 0.6) is 0 Å². The minimum absolute atomic E-state index is 0.139. The fraction of sp³-hybridized carbons (Fsp3) is 0.800. The molecule has 1 atom stereocenters. The van der Waals surface area contributed by atoms with E-state index in [1.54, 1.807) is 0 Å². The summed E-state index contributed by atoms with van der Waals surface area (Å²) in [5, 5.41) is 0. The van der Waals surface area contributed by atoms with Crippen LogP contribution in [0.1, 0.15) is 20.8 Å². The number of ether oxygens (including phenoxy) is 1. The molecular weight excluding hydrogens is 180 g/mol. The fourth-order valence-corrected chi connectivity index (χ4v) is 2.12. The molecule has 2 nitrogen and oxygen atoms in total. The van der Waals surface area contributed by atoms with Gasteiger partial charge in [-0.25, -0.2) is 0 Å². The molecule has 0 radical (unpaired) electrons. The van der Waals surface area contributed by atoms with E-state index in [9.17, 15) is 0 Å². The molecule has 3 heteroatoms. The monoisotopic (exact) mass is 202 g/mol. The van der Waals surface area contributed by atoms with Crippen LogP contribution in [0.4, 0.5) is 0 Å². The summed E-state index contributed by atoms with van der Waals surface area (Å²) >= 11 is 0. The zero-order valence-corrected chi connectivity index (χ0v) is 10.6. The van der Waals surface area contributed by atoms with Gasteiger partial charge < -0.3 is 9.16 Å². The molecule has 0 aliphatic heterocycles. The van der Waals surface area contributed by atoms with Crippen LogP contribution in [-0.4, -0.2) is 21.8 Å². The summed E-state index contributed by atoms with van der Waals surface area (Å²) < 4.78 is 11.1. The van der Waals surface area contributed by atoms with Gasteiger partial charge in [0.1, 0.15) is 6.61 Å². The summed E-state index contributed by atoms with van der Waals surface area (Å²) in [6.07, 6.45) is 1.65. The average molecular weight is 202 g/mol. The highest BCUT2D eigenvalue weighted by Crippen LogP contribution is 2.23. The van der Waals surface area contributed by atoms with Crippen LogP contribution in [-0.2, 0) is 9.16 Å². The van der Waals surface area contributed by atoms with Gasteiger partial charge in [-0.3, -0.25) is 0 Å². The standard InChI is InChI=1S/C10H22O2Si/c1-7-11-8-9(10(2,3)4)12-13(5)6/h7,9,13H,1,8H2,2-6H3. The van der Waals surface area contributed by atoms with Crippen molar-refractivity contribution in [1.29, 1.82) is 0 Å². The molecule has 0 saturated heterocycles. The Hall–Kier alpha value is -0.283. The molecule has 0 rings (SSSR count). The Morgan fingerprint density at radius 3 is 2.23 bits per heavy atom. The van der Waals surface area contributed by atoms with Gasteiger partial charge in [0, 0.05) is 0 Å². The summed E-state index contributed by atoms with van der Waals surface area (Å²) in [6, 6.07) is 0. The van der Waals surface area contributed by atoms with Gasteiger partial charge in [0.05, 0.1) is 12.4 Å². The number of hydrogen-bond donors (Lipinski definition) is 0. The lowest BCUT2D eigenvalue weighted by atomic mass is 9.90. The summed E-state index contributed by atoms with van der Waals surface area (Å²) in [5.74, 6) is 0. The first kappa shape index (κ1) is 12.7. The molecule has 0 fully saturated rings. The van der Waals surface area contributed by atoms with E-state index in [2.05, 4.69) is 40.4 Å². The second kappa shape index (κ2) is 5.45. The molecule has 0 aromatic carbocycles.